The van der Waals surface area contributed by atoms with Gasteiger partial charge < -0.3 is 15.3 Å². The van der Waals surface area contributed by atoms with Gasteiger partial charge in [-0.3, -0.25) is 0 Å². The number of rotatable bonds is 5. The van der Waals surface area contributed by atoms with Crippen LogP contribution in [0.4, 0.5) is 0 Å². The summed E-state index contributed by atoms with van der Waals surface area (Å²) in [5.41, 5.74) is 0.451. The predicted molar refractivity (Wildman–Crippen MR) is 59.7 cm³/mol. The normalized spacial score (nSPS) is 14.4. The number of aliphatic hydroxyl groups excluding tert-OH is 2. The summed E-state index contributed by atoms with van der Waals surface area (Å²) in [5, 5.41) is 28.0. The Morgan fingerprint density at radius 1 is 1.38 bits per heavy atom. The topological polar surface area (TPSA) is 77.8 Å². The first kappa shape index (κ1) is 13.0. The van der Waals surface area contributed by atoms with E-state index in [2.05, 4.69) is 0 Å². The first-order valence-corrected chi connectivity index (χ1v) is 5.35. The highest BCUT2D eigenvalue weighted by Gasteiger charge is 2.18. The van der Waals surface area contributed by atoms with Crippen molar-refractivity contribution in [2.45, 2.75) is 18.6 Å². The van der Waals surface area contributed by atoms with Gasteiger partial charge in [0.2, 0.25) is 0 Å². The minimum absolute atomic E-state index is 0.0784. The van der Waals surface area contributed by atoms with Crippen molar-refractivity contribution in [2.24, 2.45) is 0 Å². The summed E-state index contributed by atoms with van der Waals surface area (Å²) in [6, 6.07) is 5.85. The Kier molecular flexibility index (Phi) is 4.73. The Morgan fingerprint density at radius 3 is 2.62 bits per heavy atom. The molecule has 0 aliphatic rings. The highest BCUT2D eigenvalue weighted by atomic mass is 35.5. The minimum atomic E-state index is -1.11. The Balaban J connectivity index is 2.86. The second-order valence-electron chi connectivity index (χ2n) is 3.42. The lowest BCUT2D eigenvalue weighted by atomic mass is 10.0. The second-order valence-corrected chi connectivity index (χ2v) is 3.80. The van der Waals surface area contributed by atoms with Gasteiger partial charge >= 0.3 is 5.97 Å². The molecule has 0 aliphatic heterocycles. The Labute approximate surface area is 98.1 Å². The van der Waals surface area contributed by atoms with Crippen LogP contribution in [0.5, 0.6) is 0 Å². The van der Waals surface area contributed by atoms with Crippen LogP contribution in [0.15, 0.2) is 24.3 Å². The lowest BCUT2D eigenvalue weighted by Crippen LogP contribution is -2.19. The highest BCUT2D eigenvalue weighted by Crippen LogP contribution is 2.20. The first-order valence-electron chi connectivity index (χ1n) is 4.81. The molecule has 0 fully saturated rings. The highest BCUT2D eigenvalue weighted by molar-refractivity contribution is 6.17. The van der Waals surface area contributed by atoms with E-state index in [-0.39, 0.29) is 17.9 Å². The fourth-order valence-corrected chi connectivity index (χ4v) is 1.57. The summed E-state index contributed by atoms with van der Waals surface area (Å²) in [7, 11) is 0. The standard InChI is InChI=1S/C11H13ClO4/c12-5-4-9(13)10(14)7-2-1-3-8(6-7)11(15)16/h1-3,6,9-10,13-14H,4-5H2,(H,15,16). The van der Waals surface area contributed by atoms with Crippen LogP contribution in [0.3, 0.4) is 0 Å². The van der Waals surface area contributed by atoms with E-state index < -0.39 is 18.2 Å². The third-order valence-electron chi connectivity index (χ3n) is 2.24. The van der Waals surface area contributed by atoms with Gasteiger partial charge in [-0.1, -0.05) is 12.1 Å². The van der Waals surface area contributed by atoms with Gasteiger partial charge in [0.25, 0.3) is 0 Å². The molecule has 2 atom stereocenters. The van der Waals surface area contributed by atoms with E-state index in [0.717, 1.165) is 0 Å². The smallest absolute Gasteiger partial charge is 0.335 e. The Morgan fingerprint density at radius 2 is 2.06 bits per heavy atom. The summed E-state index contributed by atoms with van der Waals surface area (Å²) in [6.45, 7) is 0. The van der Waals surface area contributed by atoms with Crippen molar-refractivity contribution >= 4 is 17.6 Å². The van der Waals surface area contributed by atoms with E-state index >= 15 is 0 Å². The molecule has 1 aromatic carbocycles. The lowest BCUT2D eigenvalue weighted by molar-refractivity contribution is 0.0169. The molecule has 0 saturated heterocycles. The van der Waals surface area contributed by atoms with Crippen LogP contribution in [-0.4, -0.2) is 33.3 Å². The van der Waals surface area contributed by atoms with Gasteiger partial charge in [0.05, 0.1) is 11.7 Å². The summed E-state index contributed by atoms with van der Waals surface area (Å²) in [5.74, 6) is -0.836. The van der Waals surface area contributed by atoms with Crippen LogP contribution in [0.2, 0.25) is 0 Å². The molecule has 88 valence electrons. The van der Waals surface area contributed by atoms with Gasteiger partial charge in [-0.15, -0.1) is 11.6 Å². The third kappa shape index (κ3) is 3.20. The molecule has 16 heavy (non-hydrogen) atoms. The molecule has 5 heteroatoms. The molecule has 0 aliphatic carbocycles. The maximum atomic E-state index is 10.7. The Bertz CT molecular complexity index is 367. The number of hydrogen-bond donors (Lipinski definition) is 3. The van der Waals surface area contributed by atoms with Crippen molar-refractivity contribution < 1.29 is 20.1 Å². The van der Waals surface area contributed by atoms with Crippen LogP contribution < -0.4 is 0 Å². The average molecular weight is 245 g/mol. The quantitative estimate of drug-likeness (QED) is 0.685. The number of carbonyl (C=O) groups is 1. The van der Waals surface area contributed by atoms with Gasteiger partial charge in [0.1, 0.15) is 6.10 Å². The van der Waals surface area contributed by atoms with Gasteiger partial charge in [-0.25, -0.2) is 4.79 Å². The zero-order valence-electron chi connectivity index (χ0n) is 8.51. The third-order valence-corrected chi connectivity index (χ3v) is 2.46. The molecule has 4 nitrogen and oxygen atoms in total. The van der Waals surface area contributed by atoms with Crippen LogP contribution in [0.1, 0.15) is 28.4 Å². The number of aliphatic hydroxyl groups is 2. The number of aromatic carboxylic acids is 1. The summed E-state index contributed by atoms with van der Waals surface area (Å²) >= 11 is 5.44. The van der Waals surface area contributed by atoms with Crippen molar-refractivity contribution in [1.82, 2.24) is 0 Å². The van der Waals surface area contributed by atoms with E-state index in [1.165, 1.54) is 18.2 Å². The molecular formula is C11H13ClO4. The molecule has 0 spiro atoms. The van der Waals surface area contributed by atoms with Crippen LogP contribution >= 0.6 is 11.6 Å². The first-order chi connectivity index (χ1) is 7.56. The molecule has 1 rings (SSSR count). The van der Waals surface area contributed by atoms with E-state index in [4.69, 9.17) is 16.7 Å². The van der Waals surface area contributed by atoms with Crippen molar-refractivity contribution in [3.8, 4) is 0 Å². The molecule has 1 aromatic rings. The van der Waals surface area contributed by atoms with E-state index in [0.29, 0.717) is 5.56 Å². The van der Waals surface area contributed by atoms with Gasteiger partial charge in [-0.05, 0) is 24.1 Å². The molecule has 0 aromatic heterocycles. The lowest BCUT2D eigenvalue weighted by Gasteiger charge is -2.17. The number of alkyl halides is 1. The molecule has 0 amide bonds. The van der Waals surface area contributed by atoms with E-state index in [9.17, 15) is 15.0 Å². The van der Waals surface area contributed by atoms with Crippen molar-refractivity contribution in [2.75, 3.05) is 5.88 Å². The van der Waals surface area contributed by atoms with E-state index in [1.54, 1.807) is 6.07 Å². The molecule has 0 bridgehead atoms. The van der Waals surface area contributed by atoms with Crippen molar-refractivity contribution in [1.29, 1.82) is 0 Å². The maximum absolute atomic E-state index is 10.7. The zero-order valence-corrected chi connectivity index (χ0v) is 9.26. The SMILES string of the molecule is O=C(O)c1cccc(C(O)C(O)CCCl)c1. The molecule has 0 heterocycles. The summed E-state index contributed by atoms with van der Waals surface area (Å²) in [6.07, 6.45) is -1.85. The van der Waals surface area contributed by atoms with Gasteiger partial charge in [0, 0.05) is 5.88 Å². The predicted octanol–water partition coefficient (Wildman–Crippen LogP) is 1.41. The number of hydrogen-bond acceptors (Lipinski definition) is 3. The number of benzene rings is 1. The van der Waals surface area contributed by atoms with Crippen LogP contribution in [0.25, 0.3) is 0 Å². The molecule has 0 saturated carbocycles. The maximum Gasteiger partial charge on any atom is 0.335 e. The zero-order chi connectivity index (χ0) is 12.1. The molecule has 2 unspecified atom stereocenters. The van der Waals surface area contributed by atoms with Crippen molar-refractivity contribution in [3.05, 3.63) is 35.4 Å². The fraction of sp³-hybridized carbons (Fsp3) is 0.364. The van der Waals surface area contributed by atoms with Gasteiger partial charge in [0.15, 0.2) is 0 Å². The number of carboxylic acid groups (broad SMARTS) is 1. The number of halogens is 1. The van der Waals surface area contributed by atoms with Crippen LogP contribution in [-0.2, 0) is 0 Å². The number of carboxylic acids is 1. The van der Waals surface area contributed by atoms with Crippen molar-refractivity contribution in [3.63, 3.8) is 0 Å². The monoisotopic (exact) mass is 244 g/mol. The largest absolute Gasteiger partial charge is 0.478 e. The molecule has 0 radical (unpaired) electrons. The summed E-state index contributed by atoms with van der Waals surface area (Å²) < 4.78 is 0. The average Bonchev–Trinajstić information content (AvgIpc) is 2.28. The van der Waals surface area contributed by atoms with Crippen LogP contribution in [0, 0.1) is 0 Å². The summed E-state index contributed by atoms with van der Waals surface area (Å²) in [4.78, 5) is 10.7. The van der Waals surface area contributed by atoms with Gasteiger partial charge in [-0.2, -0.15) is 0 Å². The molecule has 3 N–H and O–H groups in total. The second kappa shape index (κ2) is 5.84. The fourth-order valence-electron chi connectivity index (χ4n) is 1.35. The Hall–Kier alpha value is -1.10. The molecular weight excluding hydrogens is 232 g/mol. The van der Waals surface area contributed by atoms with E-state index in [1.807, 2.05) is 0 Å². The minimum Gasteiger partial charge on any atom is -0.478 e.